The molecule has 0 aliphatic rings. The molecule has 3 aromatic carbocycles. The van der Waals surface area contributed by atoms with Crippen molar-refractivity contribution >= 4 is 17.5 Å². The second-order valence-corrected chi connectivity index (χ2v) is 8.69. The summed E-state index contributed by atoms with van der Waals surface area (Å²) in [6, 6.07) is 24.5. The van der Waals surface area contributed by atoms with Crippen molar-refractivity contribution in [3.8, 4) is 16.8 Å². The van der Waals surface area contributed by atoms with Crippen LogP contribution in [0.4, 0.5) is 0 Å². The molecule has 5 aromatic rings. The number of tetrazole rings is 1. The van der Waals surface area contributed by atoms with Crippen molar-refractivity contribution in [3.05, 3.63) is 118 Å². The van der Waals surface area contributed by atoms with Crippen molar-refractivity contribution in [1.82, 2.24) is 29.3 Å². The van der Waals surface area contributed by atoms with Crippen LogP contribution in [0.3, 0.4) is 0 Å². The van der Waals surface area contributed by atoms with E-state index in [0.29, 0.717) is 24.2 Å². The number of para-hydroxylation sites is 1. The number of nitrogens with zero attached hydrogens (tertiary/aromatic N) is 6. The van der Waals surface area contributed by atoms with Crippen LogP contribution in [0.1, 0.15) is 35.0 Å². The van der Waals surface area contributed by atoms with Crippen molar-refractivity contribution in [3.63, 3.8) is 0 Å². The van der Waals surface area contributed by atoms with Crippen molar-refractivity contribution in [2.45, 2.75) is 26.3 Å². The molecule has 0 unspecified atom stereocenters. The normalized spacial score (nSPS) is 11.1. The van der Waals surface area contributed by atoms with E-state index in [1.807, 2.05) is 61.5 Å². The van der Waals surface area contributed by atoms with E-state index in [4.69, 9.17) is 11.6 Å². The minimum absolute atomic E-state index is 0.169. The number of halogens is 1. The lowest BCUT2D eigenvalue weighted by Crippen LogP contribution is -2.30. The van der Waals surface area contributed by atoms with Gasteiger partial charge in [0.25, 0.3) is 5.91 Å². The molecule has 9 heteroatoms. The molecule has 0 spiro atoms. The summed E-state index contributed by atoms with van der Waals surface area (Å²) < 4.78 is 4.28. The number of benzene rings is 3. The van der Waals surface area contributed by atoms with Crippen molar-refractivity contribution < 1.29 is 4.79 Å². The van der Waals surface area contributed by atoms with Crippen LogP contribution in [0, 0.1) is 0 Å². The quantitative estimate of drug-likeness (QED) is 0.326. The Morgan fingerprint density at radius 1 is 0.944 bits per heavy atom. The molecule has 0 amide bonds. The molecule has 180 valence electrons. The van der Waals surface area contributed by atoms with Gasteiger partial charge in [0.15, 0.2) is 0 Å². The number of hydrogen-bond donors (Lipinski definition) is 0. The third-order valence-electron chi connectivity index (χ3n) is 6.00. The van der Waals surface area contributed by atoms with E-state index in [2.05, 4.69) is 15.5 Å². The first-order valence-corrected chi connectivity index (χ1v) is 12.0. The zero-order valence-electron chi connectivity index (χ0n) is 19.6. The number of carbonyl (C=O) groups excluding carboxylic acids is 1. The molecule has 8 nitrogen and oxygen atoms in total. The number of imidazole rings is 1. The lowest BCUT2D eigenvalue weighted by molar-refractivity contribution is 0.0955. The zero-order valence-corrected chi connectivity index (χ0v) is 20.3. The molecule has 36 heavy (non-hydrogen) atoms. The molecule has 0 atom stereocenters. The van der Waals surface area contributed by atoms with E-state index in [9.17, 15) is 9.59 Å². The van der Waals surface area contributed by atoms with Crippen LogP contribution in [-0.4, -0.2) is 35.2 Å². The maximum Gasteiger partial charge on any atom is 0.337 e. The molecule has 0 aliphatic carbocycles. The molecule has 0 N–H and O–H groups in total. The Kier molecular flexibility index (Phi) is 6.60. The van der Waals surface area contributed by atoms with E-state index in [1.54, 1.807) is 39.8 Å². The standard InChI is InChI=1S/C27H23ClN6O2/c1-2-8-24-25(28)34(26(35)21-9-4-3-5-10-21)27(36)32(24)17-19-13-15-20(16-14-19)22-11-6-7-12-23(22)33-18-29-30-31-33/h3-7,9-16,18H,2,8,17H2,1H3. The fourth-order valence-electron chi connectivity index (χ4n) is 4.25. The largest absolute Gasteiger partial charge is 0.337 e. The average Bonchev–Trinajstić information content (AvgIpc) is 3.53. The Labute approximate surface area is 212 Å². The summed E-state index contributed by atoms with van der Waals surface area (Å²) in [5.74, 6) is -0.434. The van der Waals surface area contributed by atoms with Crippen LogP contribution in [0.25, 0.3) is 16.8 Å². The molecular formula is C27H23ClN6O2. The second-order valence-electron chi connectivity index (χ2n) is 8.33. The van der Waals surface area contributed by atoms with E-state index in [0.717, 1.165) is 33.4 Å². The molecule has 0 saturated heterocycles. The summed E-state index contributed by atoms with van der Waals surface area (Å²) in [6.45, 7) is 2.32. The minimum Gasteiger partial charge on any atom is -0.290 e. The summed E-state index contributed by atoms with van der Waals surface area (Å²) in [6.07, 6.45) is 2.93. The summed E-state index contributed by atoms with van der Waals surface area (Å²) in [7, 11) is 0. The van der Waals surface area contributed by atoms with Gasteiger partial charge in [-0.3, -0.25) is 9.36 Å². The highest BCUT2D eigenvalue weighted by Gasteiger charge is 2.23. The Balaban J connectivity index is 1.48. The topological polar surface area (TPSA) is 87.6 Å². The first-order chi connectivity index (χ1) is 17.6. The number of aromatic nitrogens is 6. The highest BCUT2D eigenvalue weighted by Crippen LogP contribution is 2.27. The van der Waals surface area contributed by atoms with Crippen LogP contribution in [-0.2, 0) is 13.0 Å². The second kappa shape index (κ2) is 10.1. The van der Waals surface area contributed by atoms with E-state index < -0.39 is 11.6 Å². The van der Waals surface area contributed by atoms with Gasteiger partial charge in [0.05, 0.1) is 17.9 Å². The van der Waals surface area contributed by atoms with Crippen molar-refractivity contribution in [2.75, 3.05) is 0 Å². The SMILES string of the molecule is CCCc1c(Cl)n(C(=O)c2ccccc2)c(=O)n1Cc1ccc(-c2ccccc2-n2cnnn2)cc1. The van der Waals surface area contributed by atoms with Gasteiger partial charge in [-0.2, -0.15) is 4.68 Å². The maximum absolute atomic E-state index is 13.4. The van der Waals surface area contributed by atoms with Crippen LogP contribution >= 0.6 is 11.6 Å². The predicted molar refractivity (Wildman–Crippen MR) is 138 cm³/mol. The molecule has 0 radical (unpaired) electrons. The lowest BCUT2D eigenvalue weighted by atomic mass is 10.0. The van der Waals surface area contributed by atoms with Crippen molar-refractivity contribution in [1.29, 1.82) is 0 Å². The van der Waals surface area contributed by atoms with Gasteiger partial charge in [0, 0.05) is 11.1 Å². The molecular weight excluding hydrogens is 476 g/mol. The predicted octanol–water partition coefficient (Wildman–Crippen LogP) is 4.64. The Bertz CT molecular complexity index is 1550. The molecule has 5 rings (SSSR count). The first kappa shape index (κ1) is 23.4. The van der Waals surface area contributed by atoms with Crippen LogP contribution in [0.5, 0.6) is 0 Å². The van der Waals surface area contributed by atoms with E-state index in [1.165, 1.54) is 0 Å². The van der Waals surface area contributed by atoms with Gasteiger partial charge >= 0.3 is 5.69 Å². The molecule has 0 bridgehead atoms. The van der Waals surface area contributed by atoms with Gasteiger partial charge in [0.1, 0.15) is 11.5 Å². The average molecular weight is 499 g/mol. The fraction of sp³-hybridized carbons (Fsp3) is 0.148. The minimum atomic E-state index is -0.439. The molecule has 2 heterocycles. The zero-order chi connectivity index (χ0) is 25.1. The highest BCUT2D eigenvalue weighted by atomic mass is 35.5. The number of rotatable bonds is 7. The van der Waals surface area contributed by atoms with E-state index >= 15 is 0 Å². The fourth-order valence-corrected chi connectivity index (χ4v) is 4.59. The van der Waals surface area contributed by atoms with Crippen molar-refractivity contribution in [2.24, 2.45) is 0 Å². The first-order valence-electron chi connectivity index (χ1n) is 11.6. The van der Waals surface area contributed by atoms with Crippen LogP contribution in [0.2, 0.25) is 5.15 Å². The van der Waals surface area contributed by atoms with Gasteiger partial charge in [-0.15, -0.1) is 5.10 Å². The third kappa shape index (κ3) is 4.38. The monoisotopic (exact) mass is 498 g/mol. The highest BCUT2D eigenvalue weighted by molar-refractivity contribution is 6.31. The van der Waals surface area contributed by atoms with Gasteiger partial charge in [0.2, 0.25) is 0 Å². The molecule has 0 saturated carbocycles. The van der Waals surface area contributed by atoms with Gasteiger partial charge < -0.3 is 0 Å². The summed E-state index contributed by atoms with van der Waals surface area (Å²) in [5, 5.41) is 11.6. The van der Waals surface area contributed by atoms with Crippen LogP contribution in [0.15, 0.2) is 90.0 Å². The summed E-state index contributed by atoms with van der Waals surface area (Å²) in [4.78, 5) is 26.5. The number of carbonyl (C=O) groups is 1. The molecule has 2 aromatic heterocycles. The third-order valence-corrected chi connectivity index (χ3v) is 6.39. The van der Waals surface area contributed by atoms with Gasteiger partial charge in [-0.05, 0) is 46.2 Å². The number of hydrogen-bond acceptors (Lipinski definition) is 5. The van der Waals surface area contributed by atoms with Gasteiger partial charge in [-0.25, -0.2) is 9.36 Å². The summed E-state index contributed by atoms with van der Waals surface area (Å²) in [5.41, 5.74) is 4.36. The smallest absolute Gasteiger partial charge is 0.290 e. The molecule has 0 aliphatic heterocycles. The Morgan fingerprint density at radius 2 is 1.67 bits per heavy atom. The lowest BCUT2D eigenvalue weighted by Gasteiger charge is -2.11. The Morgan fingerprint density at radius 3 is 2.36 bits per heavy atom. The Hall–Kier alpha value is -4.30. The van der Waals surface area contributed by atoms with Gasteiger partial charge in [-0.1, -0.05) is 85.6 Å². The summed E-state index contributed by atoms with van der Waals surface area (Å²) >= 11 is 6.60. The van der Waals surface area contributed by atoms with Crippen LogP contribution < -0.4 is 5.69 Å². The maximum atomic E-state index is 13.4. The molecule has 0 fully saturated rings. The van der Waals surface area contributed by atoms with E-state index in [-0.39, 0.29) is 5.15 Å².